The van der Waals surface area contributed by atoms with Crippen molar-refractivity contribution in [2.24, 2.45) is 0 Å². The topological polar surface area (TPSA) is 75.7 Å². The third-order valence-corrected chi connectivity index (χ3v) is 5.22. The smallest absolute Gasteiger partial charge is 0.253 e. The van der Waals surface area contributed by atoms with Gasteiger partial charge >= 0.3 is 0 Å². The lowest BCUT2D eigenvalue weighted by atomic mass is 10.2. The Morgan fingerprint density at radius 2 is 1.81 bits per heavy atom. The van der Waals surface area contributed by atoms with Crippen LogP contribution in [0.2, 0.25) is 0 Å². The molecule has 26 heavy (non-hydrogen) atoms. The zero-order valence-corrected chi connectivity index (χ0v) is 16.0. The maximum atomic E-state index is 12.5. The van der Waals surface area contributed by atoms with Crippen molar-refractivity contribution >= 4 is 15.9 Å². The van der Waals surface area contributed by atoms with E-state index < -0.39 is 10.0 Å². The molecule has 0 unspecified atom stereocenters. The fourth-order valence-corrected chi connectivity index (χ4v) is 3.61. The molecule has 0 fully saturated rings. The molecular weight excluding hydrogens is 352 g/mol. The largest absolute Gasteiger partial charge is 0.492 e. The van der Waals surface area contributed by atoms with Crippen molar-refractivity contribution in [1.29, 1.82) is 0 Å². The molecule has 2 rings (SSSR count). The number of benzene rings is 2. The van der Waals surface area contributed by atoms with E-state index in [1.54, 1.807) is 33.0 Å². The minimum absolute atomic E-state index is 0.0750. The van der Waals surface area contributed by atoms with Crippen LogP contribution in [0.1, 0.15) is 24.2 Å². The lowest BCUT2D eigenvalue weighted by Gasteiger charge is -2.18. The number of ether oxygens (including phenoxy) is 1. The molecular formula is C19H24N2O4S. The molecule has 0 aliphatic rings. The molecule has 0 atom stereocenters. The van der Waals surface area contributed by atoms with Gasteiger partial charge in [-0.25, -0.2) is 13.1 Å². The monoisotopic (exact) mass is 376 g/mol. The quantitative estimate of drug-likeness (QED) is 0.768. The third kappa shape index (κ3) is 5.57. The minimum Gasteiger partial charge on any atom is -0.492 e. The van der Waals surface area contributed by atoms with Gasteiger partial charge in [-0.3, -0.25) is 4.79 Å². The Morgan fingerprint density at radius 1 is 1.12 bits per heavy atom. The molecule has 1 amide bonds. The number of hydrogen-bond donors (Lipinski definition) is 1. The van der Waals surface area contributed by atoms with E-state index in [2.05, 4.69) is 4.72 Å². The average molecular weight is 376 g/mol. The highest BCUT2D eigenvalue weighted by Gasteiger charge is 2.18. The Balaban J connectivity index is 2.01. The number of para-hydroxylation sites is 1. The molecule has 2 aromatic carbocycles. The Bertz CT molecular complexity index is 836. The van der Waals surface area contributed by atoms with E-state index in [9.17, 15) is 13.2 Å². The van der Waals surface area contributed by atoms with Gasteiger partial charge in [-0.2, -0.15) is 0 Å². The highest BCUT2D eigenvalue weighted by Crippen LogP contribution is 2.14. The van der Waals surface area contributed by atoms with Crippen molar-refractivity contribution in [3.05, 3.63) is 60.2 Å². The summed E-state index contributed by atoms with van der Waals surface area (Å²) in [6, 6.07) is 15.1. The molecule has 140 valence electrons. The molecule has 6 nitrogen and oxygen atoms in total. The first-order valence-corrected chi connectivity index (χ1v) is 9.83. The summed E-state index contributed by atoms with van der Waals surface area (Å²) in [7, 11) is -1.98. The first-order chi connectivity index (χ1) is 12.3. The van der Waals surface area contributed by atoms with E-state index in [4.69, 9.17) is 4.74 Å². The van der Waals surface area contributed by atoms with Gasteiger partial charge in [0.2, 0.25) is 10.0 Å². The summed E-state index contributed by atoms with van der Waals surface area (Å²) in [6.45, 7) is 4.22. The predicted octanol–water partition coefficient (Wildman–Crippen LogP) is 2.52. The molecule has 0 saturated heterocycles. The molecule has 0 aliphatic heterocycles. The standard InChI is InChI=1S/C19H24N2O4S/c1-15(2)20-26(23,24)18-11-7-8-16(14-18)19(22)21(3)12-13-25-17-9-5-4-6-10-17/h4-11,14-15,20H,12-13H2,1-3H3. The van der Waals surface area contributed by atoms with Gasteiger partial charge in [0.15, 0.2) is 0 Å². The van der Waals surface area contributed by atoms with Crippen LogP contribution in [-0.4, -0.2) is 45.5 Å². The maximum absolute atomic E-state index is 12.5. The minimum atomic E-state index is -3.64. The second-order valence-corrected chi connectivity index (χ2v) is 7.91. The Labute approximate surface area is 154 Å². The van der Waals surface area contributed by atoms with Crippen molar-refractivity contribution in [2.45, 2.75) is 24.8 Å². The third-order valence-electron chi connectivity index (χ3n) is 3.57. The van der Waals surface area contributed by atoms with Gasteiger partial charge < -0.3 is 9.64 Å². The first kappa shape index (κ1) is 19.9. The Hall–Kier alpha value is -2.38. The second-order valence-electron chi connectivity index (χ2n) is 6.19. The molecule has 7 heteroatoms. The van der Waals surface area contributed by atoms with E-state index in [1.165, 1.54) is 17.0 Å². The van der Waals surface area contributed by atoms with Gasteiger partial charge in [-0.05, 0) is 44.2 Å². The summed E-state index contributed by atoms with van der Waals surface area (Å²) in [5.41, 5.74) is 0.318. The zero-order valence-electron chi connectivity index (χ0n) is 15.2. The van der Waals surface area contributed by atoms with Crippen LogP contribution in [0.5, 0.6) is 5.75 Å². The molecule has 1 N–H and O–H groups in total. The number of nitrogens with one attached hydrogen (secondary N) is 1. The van der Waals surface area contributed by atoms with Crippen LogP contribution >= 0.6 is 0 Å². The summed E-state index contributed by atoms with van der Waals surface area (Å²) in [5, 5.41) is 0. The van der Waals surface area contributed by atoms with Crippen LogP contribution in [0.4, 0.5) is 0 Å². The van der Waals surface area contributed by atoms with Crippen LogP contribution in [0, 0.1) is 0 Å². The van der Waals surface area contributed by atoms with Gasteiger partial charge in [-0.15, -0.1) is 0 Å². The summed E-state index contributed by atoms with van der Waals surface area (Å²) >= 11 is 0. The SMILES string of the molecule is CC(C)NS(=O)(=O)c1cccc(C(=O)N(C)CCOc2ccccc2)c1. The van der Waals surface area contributed by atoms with E-state index >= 15 is 0 Å². The lowest BCUT2D eigenvalue weighted by Crippen LogP contribution is -2.32. The van der Waals surface area contributed by atoms with Gasteiger partial charge in [0.05, 0.1) is 11.4 Å². The predicted molar refractivity (Wildman–Crippen MR) is 101 cm³/mol. The summed E-state index contributed by atoms with van der Waals surface area (Å²) in [5.74, 6) is 0.476. The van der Waals surface area contributed by atoms with Crippen molar-refractivity contribution in [3.8, 4) is 5.75 Å². The number of nitrogens with zero attached hydrogens (tertiary/aromatic N) is 1. The molecule has 0 radical (unpaired) electrons. The van der Waals surface area contributed by atoms with Crippen LogP contribution in [-0.2, 0) is 10.0 Å². The van der Waals surface area contributed by atoms with Crippen molar-refractivity contribution in [1.82, 2.24) is 9.62 Å². The lowest BCUT2D eigenvalue weighted by molar-refractivity contribution is 0.0773. The molecule has 0 bridgehead atoms. The highest BCUT2D eigenvalue weighted by molar-refractivity contribution is 7.89. The fourth-order valence-electron chi connectivity index (χ4n) is 2.31. The van der Waals surface area contributed by atoms with E-state index in [1.807, 2.05) is 30.3 Å². The van der Waals surface area contributed by atoms with Gasteiger partial charge in [0.25, 0.3) is 5.91 Å². The van der Waals surface area contributed by atoms with Crippen molar-refractivity contribution in [2.75, 3.05) is 20.2 Å². The highest BCUT2D eigenvalue weighted by atomic mass is 32.2. The first-order valence-electron chi connectivity index (χ1n) is 8.35. The van der Waals surface area contributed by atoms with E-state index in [-0.39, 0.29) is 16.8 Å². The van der Waals surface area contributed by atoms with Gasteiger partial charge in [-0.1, -0.05) is 24.3 Å². The Morgan fingerprint density at radius 3 is 2.46 bits per heavy atom. The number of carbonyl (C=O) groups is 1. The normalized spacial score (nSPS) is 11.4. The van der Waals surface area contributed by atoms with Crippen LogP contribution in [0.3, 0.4) is 0 Å². The zero-order chi connectivity index (χ0) is 19.2. The fraction of sp³-hybridized carbons (Fsp3) is 0.316. The number of rotatable bonds is 8. The number of carbonyl (C=O) groups excluding carboxylic acids is 1. The summed E-state index contributed by atoms with van der Waals surface area (Å²) in [4.78, 5) is 14.1. The summed E-state index contributed by atoms with van der Waals surface area (Å²) < 4.78 is 32.6. The average Bonchev–Trinajstić information content (AvgIpc) is 2.61. The summed E-state index contributed by atoms with van der Waals surface area (Å²) in [6.07, 6.45) is 0. The molecule has 0 aromatic heterocycles. The van der Waals surface area contributed by atoms with Crippen molar-refractivity contribution < 1.29 is 17.9 Å². The number of amides is 1. The molecule has 0 heterocycles. The van der Waals surface area contributed by atoms with Crippen LogP contribution in [0.15, 0.2) is 59.5 Å². The molecule has 0 aliphatic carbocycles. The molecule has 0 spiro atoms. The number of sulfonamides is 1. The molecule has 0 saturated carbocycles. The number of hydrogen-bond acceptors (Lipinski definition) is 4. The van der Waals surface area contributed by atoms with Crippen molar-refractivity contribution in [3.63, 3.8) is 0 Å². The van der Waals surface area contributed by atoms with Gasteiger partial charge in [0.1, 0.15) is 12.4 Å². The molecule has 2 aromatic rings. The van der Waals surface area contributed by atoms with E-state index in [0.717, 1.165) is 5.75 Å². The van der Waals surface area contributed by atoms with E-state index in [0.29, 0.717) is 18.7 Å². The maximum Gasteiger partial charge on any atom is 0.253 e. The van der Waals surface area contributed by atoms with Crippen LogP contribution < -0.4 is 9.46 Å². The van der Waals surface area contributed by atoms with Crippen LogP contribution in [0.25, 0.3) is 0 Å². The Kier molecular flexibility index (Phi) is 6.76. The second kappa shape index (κ2) is 8.82. The number of likely N-dealkylation sites (N-methyl/N-ethyl adjacent to an activating group) is 1. The van der Waals surface area contributed by atoms with Gasteiger partial charge in [0, 0.05) is 18.7 Å².